The molecular formula is C30H33ClN8O5S. The van der Waals surface area contributed by atoms with Gasteiger partial charge >= 0.3 is 0 Å². The number of halogens is 1. The van der Waals surface area contributed by atoms with E-state index < -0.39 is 21.3 Å². The molecule has 5 heterocycles. The van der Waals surface area contributed by atoms with E-state index in [2.05, 4.69) is 34.5 Å². The summed E-state index contributed by atoms with van der Waals surface area (Å²) in [7, 11) is -3.01. The first kappa shape index (κ1) is 30.9. The normalized spacial score (nSPS) is 17.6. The largest absolute Gasteiger partial charge is 0.348 e. The monoisotopic (exact) mass is 652 g/mol. The molecule has 45 heavy (non-hydrogen) atoms. The Morgan fingerprint density at radius 3 is 2.47 bits per heavy atom. The molecule has 0 aliphatic carbocycles. The van der Waals surface area contributed by atoms with Crippen molar-refractivity contribution < 1.29 is 18.0 Å². The molecule has 0 radical (unpaired) electrons. The minimum atomic E-state index is -3.01. The van der Waals surface area contributed by atoms with E-state index in [1.807, 2.05) is 4.90 Å². The summed E-state index contributed by atoms with van der Waals surface area (Å²) in [6, 6.07) is 10.2. The first-order chi connectivity index (χ1) is 21.4. The van der Waals surface area contributed by atoms with Crippen molar-refractivity contribution in [3.8, 4) is 5.69 Å². The van der Waals surface area contributed by atoms with Crippen LogP contribution in [0.25, 0.3) is 16.7 Å². The molecular weight excluding hydrogens is 620 g/mol. The topological polar surface area (TPSA) is 152 Å². The maximum Gasteiger partial charge on any atom is 0.265 e. The van der Waals surface area contributed by atoms with Gasteiger partial charge < -0.3 is 10.2 Å². The van der Waals surface area contributed by atoms with Gasteiger partial charge in [-0.15, -0.1) is 5.10 Å². The van der Waals surface area contributed by atoms with Crippen LogP contribution in [0.3, 0.4) is 0 Å². The summed E-state index contributed by atoms with van der Waals surface area (Å²) in [5, 5.41) is 12.4. The standard InChI is InChI=1S/C30H33ClN8O5S/c1-30(2)18-37(19-30)26(40)17-38-27-23(13-24(29(38)42)28(41)33-14-20-3-5-21(31)6-4-20)25(7-8-32-27)39-16-22(34-35-39)15-36-9-11-45(43,44)12-10-36/h3-8,13,16H,9-12,14-15,17-19H2,1-2H3,(H,33,41). The average Bonchev–Trinajstić information content (AvgIpc) is 3.45. The van der Waals surface area contributed by atoms with Crippen molar-refractivity contribution in [2.24, 2.45) is 5.41 Å². The van der Waals surface area contributed by atoms with E-state index in [0.29, 0.717) is 54.5 Å². The molecule has 0 bridgehead atoms. The predicted molar refractivity (Wildman–Crippen MR) is 168 cm³/mol. The van der Waals surface area contributed by atoms with Gasteiger partial charge in [-0.25, -0.2) is 18.1 Å². The number of fused-ring (bicyclic) bond motifs is 1. The maximum atomic E-state index is 13.8. The minimum Gasteiger partial charge on any atom is -0.348 e. The van der Waals surface area contributed by atoms with Crippen LogP contribution in [-0.4, -0.2) is 92.3 Å². The van der Waals surface area contributed by atoms with E-state index in [4.69, 9.17) is 11.6 Å². The van der Waals surface area contributed by atoms with Gasteiger partial charge in [0, 0.05) is 55.9 Å². The van der Waals surface area contributed by atoms with Crippen LogP contribution in [0.4, 0.5) is 0 Å². The van der Waals surface area contributed by atoms with Gasteiger partial charge in [0.05, 0.1) is 29.1 Å². The third-order valence-electron chi connectivity index (χ3n) is 8.07. The zero-order valence-corrected chi connectivity index (χ0v) is 26.5. The molecule has 3 aromatic heterocycles. The van der Waals surface area contributed by atoms with Crippen LogP contribution in [0, 0.1) is 5.41 Å². The Bertz CT molecular complexity index is 1930. The second kappa shape index (κ2) is 12.0. The Kier molecular flexibility index (Phi) is 8.22. The first-order valence-corrected chi connectivity index (χ1v) is 16.7. The number of pyridine rings is 2. The Morgan fingerprint density at radius 2 is 1.78 bits per heavy atom. The number of rotatable bonds is 8. The lowest BCUT2D eigenvalue weighted by atomic mass is 9.84. The summed E-state index contributed by atoms with van der Waals surface area (Å²) in [6.45, 7) is 6.41. The van der Waals surface area contributed by atoms with E-state index >= 15 is 0 Å². The highest BCUT2D eigenvalue weighted by Gasteiger charge is 2.37. The van der Waals surface area contributed by atoms with Gasteiger partial charge in [0.2, 0.25) is 5.91 Å². The highest BCUT2D eigenvalue weighted by molar-refractivity contribution is 7.91. The minimum absolute atomic E-state index is 0.00472. The fraction of sp³-hybridized carbons (Fsp3) is 0.400. The quantitative estimate of drug-likeness (QED) is 0.300. The second-order valence-corrected chi connectivity index (χ2v) is 15.1. The fourth-order valence-electron chi connectivity index (χ4n) is 5.67. The molecule has 6 rings (SSSR count). The molecule has 1 aromatic carbocycles. The molecule has 236 valence electrons. The third kappa shape index (κ3) is 6.77. The Hall–Kier alpha value is -4.14. The van der Waals surface area contributed by atoms with Crippen LogP contribution < -0.4 is 10.9 Å². The molecule has 2 aliphatic rings. The van der Waals surface area contributed by atoms with Crippen LogP contribution in [0.5, 0.6) is 0 Å². The van der Waals surface area contributed by atoms with Crippen molar-refractivity contribution >= 4 is 44.3 Å². The Morgan fingerprint density at radius 1 is 1.07 bits per heavy atom. The van der Waals surface area contributed by atoms with Crippen molar-refractivity contribution in [3.63, 3.8) is 0 Å². The third-order valence-corrected chi connectivity index (χ3v) is 9.93. The number of carbonyl (C=O) groups excluding carboxylic acids is 2. The zero-order chi connectivity index (χ0) is 31.9. The SMILES string of the molecule is CC1(C)CN(C(=O)Cn2c(=O)c(C(=O)NCc3ccc(Cl)cc3)cc3c(-n4cc(CN5CCS(=O)(=O)CC5)nn4)ccnc32)C1. The molecule has 4 aromatic rings. The number of hydrogen-bond acceptors (Lipinski definition) is 9. The number of sulfone groups is 1. The van der Waals surface area contributed by atoms with Crippen molar-refractivity contribution in [1.82, 2.24) is 39.7 Å². The number of aromatic nitrogens is 5. The lowest BCUT2D eigenvalue weighted by Crippen LogP contribution is -2.56. The molecule has 2 aliphatic heterocycles. The molecule has 0 unspecified atom stereocenters. The number of amides is 2. The zero-order valence-electron chi connectivity index (χ0n) is 24.9. The molecule has 0 spiro atoms. The molecule has 15 heteroatoms. The van der Waals surface area contributed by atoms with Crippen molar-refractivity contribution in [1.29, 1.82) is 0 Å². The number of benzene rings is 1. The van der Waals surface area contributed by atoms with Gasteiger partial charge in [0.1, 0.15) is 17.8 Å². The summed E-state index contributed by atoms with van der Waals surface area (Å²) in [4.78, 5) is 48.6. The molecule has 1 N–H and O–H groups in total. The van der Waals surface area contributed by atoms with Crippen LogP contribution in [0.2, 0.25) is 5.02 Å². The van der Waals surface area contributed by atoms with Crippen LogP contribution in [-0.2, 0) is 34.3 Å². The number of hydrogen-bond donors (Lipinski definition) is 1. The highest BCUT2D eigenvalue weighted by atomic mass is 35.5. The van der Waals surface area contributed by atoms with Gasteiger partial charge in [-0.05, 0) is 35.2 Å². The summed E-state index contributed by atoms with van der Waals surface area (Å²) in [6.07, 6.45) is 3.24. The Balaban J connectivity index is 1.34. The average molecular weight is 653 g/mol. The van der Waals surface area contributed by atoms with E-state index in [1.54, 1.807) is 41.4 Å². The van der Waals surface area contributed by atoms with Gasteiger partial charge in [0.15, 0.2) is 9.84 Å². The number of nitrogens with zero attached hydrogens (tertiary/aromatic N) is 7. The van der Waals surface area contributed by atoms with Gasteiger partial charge in [-0.1, -0.05) is 42.8 Å². The van der Waals surface area contributed by atoms with E-state index in [-0.39, 0.29) is 47.1 Å². The first-order valence-electron chi connectivity index (χ1n) is 14.5. The molecule has 2 fully saturated rings. The molecule has 2 saturated heterocycles. The smallest absolute Gasteiger partial charge is 0.265 e. The lowest BCUT2D eigenvalue weighted by Gasteiger charge is -2.45. The number of nitrogens with one attached hydrogen (secondary N) is 1. The van der Waals surface area contributed by atoms with Crippen molar-refractivity contribution in [2.45, 2.75) is 33.5 Å². The van der Waals surface area contributed by atoms with E-state index in [1.165, 1.54) is 21.5 Å². The highest BCUT2D eigenvalue weighted by Crippen LogP contribution is 2.29. The van der Waals surface area contributed by atoms with Crippen LogP contribution in [0.1, 0.15) is 35.5 Å². The molecule has 0 atom stereocenters. The summed E-state index contributed by atoms with van der Waals surface area (Å²) >= 11 is 5.98. The van der Waals surface area contributed by atoms with Gasteiger partial charge in [-0.2, -0.15) is 0 Å². The number of carbonyl (C=O) groups is 2. The van der Waals surface area contributed by atoms with E-state index in [9.17, 15) is 22.8 Å². The van der Waals surface area contributed by atoms with Crippen LogP contribution in [0.15, 0.2) is 53.6 Å². The molecule has 13 nitrogen and oxygen atoms in total. The van der Waals surface area contributed by atoms with Crippen LogP contribution >= 0.6 is 11.6 Å². The van der Waals surface area contributed by atoms with Crippen molar-refractivity contribution in [3.05, 3.63) is 81.0 Å². The summed E-state index contributed by atoms with van der Waals surface area (Å²) in [5.74, 6) is -0.638. The fourth-order valence-corrected chi connectivity index (χ4v) is 7.07. The summed E-state index contributed by atoms with van der Waals surface area (Å²) in [5.41, 5.74) is 1.41. The molecule has 0 saturated carbocycles. The van der Waals surface area contributed by atoms with Gasteiger partial charge in [-0.3, -0.25) is 23.9 Å². The lowest BCUT2D eigenvalue weighted by molar-refractivity contribution is -0.142. The van der Waals surface area contributed by atoms with Gasteiger partial charge in [0.25, 0.3) is 11.5 Å². The predicted octanol–water partition coefficient (Wildman–Crippen LogP) is 1.66. The molecule has 2 amide bonds. The van der Waals surface area contributed by atoms with Crippen molar-refractivity contribution in [2.75, 3.05) is 37.7 Å². The second-order valence-electron chi connectivity index (χ2n) is 12.3. The number of likely N-dealkylation sites (tertiary alicyclic amines) is 1. The maximum absolute atomic E-state index is 13.8. The summed E-state index contributed by atoms with van der Waals surface area (Å²) < 4.78 is 26.4. The Labute approximate surface area is 264 Å². The van der Waals surface area contributed by atoms with E-state index in [0.717, 1.165) is 5.56 Å².